The van der Waals surface area contributed by atoms with Gasteiger partial charge in [-0.2, -0.15) is 0 Å². The molecule has 26 heavy (non-hydrogen) atoms. The number of hydrogen-bond acceptors (Lipinski definition) is 1. The van der Waals surface area contributed by atoms with Crippen LogP contribution in [0.3, 0.4) is 0 Å². The Labute approximate surface area is 158 Å². The van der Waals surface area contributed by atoms with Crippen molar-refractivity contribution in [1.29, 1.82) is 0 Å². The number of allylic oxidation sites excluding steroid dienone is 14. The van der Waals surface area contributed by atoms with E-state index in [2.05, 4.69) is 54.6 Å². The molecule has 1 aromatic rings. The number of pyridine rings is 1. The Morgan fingerprint density at radius 2 is 1.62 bits per heavy atom. The van der Waals surface area contributed by atoms with Crippen LogP contribution in [0, 0.1) is 0 Å². The minimum atomic E-state index is 1.06. The fourth-order valence-electron chi connectivity index (χ4n) is 2.80. The zero-order valence-corrected chi connectivity index (χ0v) is 16.4. The van der Waals surface area contributed by atoms with Crippen molar-refractivity contribution in [3.63, 3.8) is 0 Å². The summed E-state index contributed by atoms with van der Waals surface area (Å²) in [6.07, 6.45) is 24.0. The average Bonchev–Trinajstić information content (AvgIpc) is 2.67. The standard InChI is InChI=1S/C25H29N/c1-7-13-20(11-5)22(12-6)23(16-10-4)24-17-18-26-19-25(24)21(14-8-2)15-9-3/h7-19H,2,6H2,1,3-5H3/b13-7-,15-9-,16-10-,20-11+,21-14+,23-22-. The van der Waals surface area contributed by atoms with Gasteiger partial charge in [0.05, 0.1) is 0 Å². The Balaban J connectivity index is 3.88. The minimum absolute atomic E-state index is 1.06. The van der Waals surface area contributed by atoms with E-state index in [1.807, 2.05) is 64.4 Å². The summed E-state index contributed by atoms with van der Waals surface area (Å²) in [5.41, 5.74) is 6.60. The van der Waals surface area contributed by atoms with Gasteiger partial charge in [0.25, 0.3) is 0 Å². The summed E-state index contributed by atoms with van der Waals surface area (Å²) in [7, 11) is 0. The molecule has 1 heteroatoms. The highest BCUT2D eigenvalue weighted by atomic mass is 14.6. The Morgan fingerprint density at radius 1 is 0.923 bits per heavy atom. The molecule has 0 aliphatic rings. The Morgan fingerprint density at radius 3 is 2.15 bits per heavy atom. The predicted molar refractivity (Wildman–Crippen MR) is 118 cm³/mol. The van der Waals surface area contributed by atoms with E-state index in [0.717, 1.165) is 33.4 Å². The maximum absolute atomic E-state index is 4.35. The van der Waals surface area contributed by atoms with Crippen LogP contribution < -0.4 is 0 Å². The third-order valence-corrected chi connectivity index (χ3v) is 3.86. The first kappa shape index (κ1) is 21.1. The molecule has 0 aromatic carbocycles. The van der Waals surface area contributed by atoms with Gasteiger partial charge in [0, 0.05) is 18.0 Å². The van der Waals surface area contributed by atoms with Crippen LogP contribution in [-0.4, -0.2) is 4.98 Å². The Bertz CT molecular complexity index is 808. The van der Waals surface area contributed by atoms with Crippen LogP contribution in [-0.2, 0) is 0 Å². The summed E-state index contributed by atoms with van der Waals surface area (Å²) in [5, 5.41) is 0. The van der Waals surface area contributed by atoms with Gasteiger partial charge in [0.2, 0.25) is 0 Å². The lowest BCUT2D eigenvalue weighted by Gasteiger charge is -2.15. The monoisotopic (exact) mass is 343 g/mol. The van der Waals surface area contributed by atoms with Gasteiger partial charge in [-0.25, -0.2) is 0 Å². The van der Waals surface area contributed by atoms with Crippen LogP contribution in [0.25, 0.3) is 11.1 Å². The van der Waals surface area contributed by atoms with E-state index in [1.165, 1.54) is 0 Å². The Kier molecular flexibility index (Phi) is 9.42. The molecule has 0 atom stereocenters. The number of aromatic nitrogens is 1. The molecular formula is C25H29N. The smallest absolute Gasteiger partial charge is 0.0352 e. The van der Waals surface area contributed by atoms with Crippen LogP contribution in [0.15, 0.2) is 104 Å². The first-order valence-electron chi connectivity index (χ1n) is 8.87. The molecular weight excluding hydrogens is 314 g/mol. The summed E-state index contributed by atoms with van der Waals surface area (Å²) in [6, 6.07) is 2.05. The molecule has 0 spiro atoms. The van der Waals surface area contributed by atoms with Gasteiger partial charge in [-0.1, -0.05) is 73.9 Å². The van der Waals surface area contributed by atoms with E-state index in [1.54, 1.807) is 6.08 Å². The van der Waals surface area contributed by atoms with Gasteiger partial charge in [-0.05, 0) is 61.6 Å². The third kappa shape index (κ3) is 5.29. The Hall–Kier alpha value is -2.93. The van der Waals surface area contributed by atoms with Crippen LogP contribution in [0.5, 0.6) is 0 Å². The zero-order chi connectivity index (χ0) is 19.4. The molecule has 1 aromatic heterocycles. The normalized spacial score (nSPS) is 14.3. The van der Waals surface area contributed by atoms with Gasteiger partial charge in [-0.15, -0.1) is 0 Å². The van der Waals surface area contributed by atoms with Gasteiger partial charge >= 0.3 is 0 Å². The van der Waals surface area contributed by atoms with Crippen molar-refractivity contribution >= 4 is 11.1 Å². The first-order chi connectivity index (χ1) is 12.7. The highest BCUT2D eigenvalue weighted by Crippen LogP contribution is 2.32. The number of hydrogen-bond donors (Lipinski definition) is 0. The predicted octanol–water partition coefficient (Wildman–Crippen LogP) is 7.27. The SMILES string of the molecule is C=C/C=C(\C=C/C)c1cnccc1C(/C=C\C)=C(C=C)\C(\C=C/C)=C\C. The highest BCUT2D eigenvalue weighted by molar-refractivity contribution is 5.90. The van der Waals surface area contributed by atoms with E-state index < -0.39 is 0 Å². The van der Waals surface area contributed by atoms with Crippen LogP contribution in [0.4, 0.5) is 0 Å². The van der Waals surface area contributed by atoms with Crippen molar-refractivity contribution in [2.75, 3.05) is 0 Å². The van der Waals surface area contributed by atoms with Gasteiger partial charge in [0.1, 0.15) is 0 Å². The van der Waals surface area contributed by atoms with Gasteiger partial charge < -0.3 is 0 Å². The molecule has 0 amide bonds. The van der Waals surface area contributed by atoms with Crippen LogP contribution in [0.2, 0.25) is 0 Å². The summed E-state index contributed by atoms with van der Waals surface area (Å²) in [4.78, 5) is 4.35. The maximum Gasteiger partial charge on any atom is 0.0352 e. The van der Waals surface area contributed by atoms with Gasteiger partial charge in [0.15, 0.2) is 0 Å². The maximum atomic E-state index is 4.35. The van der Waals surface area contributed by atoms with E-state index in [9.17, 15) is 0 Å². The second kappa shape index (κ2) is 11.6. The fourth-order valence-corrected chi connectivity index (χ4v) is 2.80. The molecule has 0 aliphatic carbocycles. The first-order valence-corrected chi connectivity index (χ1v) is 8.87. The molecule has 0 fully saturated rings. The molecule has 0 saturated carbocycles. The molecule has 1 nitrogen and oxygen atoms in total. The molecule has 1 heterocycles. The van der Waals surface area contributed by atoms with Gasteiger partial charge in [-0.3, -0.25) is 4.98 Å². The largest absolute Gasteiger partial charge is 0.264 e. The van der Waals surface area contributed by atoms with E-state index in [-0.39, 0.29) is 0 Å². The van der Waals surface area contributed by atoms with Crippen molar-refractivity contribution in [3.8, 4) is 0 Å². The summed E-state index contributed by atoms with van der Waals surface area (Å²) >= 11 is 0. The molecule has 0 unspecified atom stereocenters. The lowest BCUT2D eigenvalue weighted by Crippen LogP contribution is -1.97. The van der Waals surface area contributed by atoms with E-state index in [0.29, 0.717) is 0 Å². The molecule has 134 valence electrons. The third-order valence-electron chi connectivity index (χ3n) is 3.86. The van der Waals surface area contributed by atoms with Crippen molar-refractivity contribution < 1.29 is 0 Å². The molecule has 0 aliphatic heterocycles. The second-order valence-corrected chi connectivity index (χ2v) is 5.55. The quantitative estimate of drug-likeness (QED) is 0.452. The number of rotatable bonds is 8. The van der Waals surface area contributed by atoms with Crippen molar-refractivity contribution in [2.24, 2.45) is 0 Å². The molecule has 0 bridgehead atoms. The van der Waals surface area contributed by atoms with Crippen molar-refractivity contribution in [2.45, 2.75) is 27.7 Å². The summed E-state index contributed by atoms with van der Waals surface area (Å²) in [6.45, 7) is 16.0. The second-order valence-electron chi connectivity index (χ2n) is 5.55. The zero-order valence-electron chi connectivity index (χ0n) is 16.4. The fraction of sp³-hybridized carbons (Fsp3) is 0.160. The summed E-state index contributed by atoms with van der Waals surface area (Å²) in [5.74, 6) is 0. The lowest BCUT2D eigenvalue weighted by molar-refractivity contribution is 1.29. The van der Waals surface area contributed by atoms with Crippen molar-refractivity contribution in [3.05, 3.63) is 115 Å². The average molecular weight is 344 g/mol. The highest BCUT2D eigenvalue weighted by Gasteiger charge is 2.13. The molecule has 0 radical (unpaired) electrons. The van der Waals surface area contributed by atoms with Crippen molar-refractivity contribution in [1.82, 2.24) is 4.98 Å². The molecule has 1 rings (SSSR count). The summed E-state index contributed by atoms with van der Waals surface area (Å²) < 4.78 is 0. The van der Waals surface area contributed by atoms with E-state index in [4.69, 9.17) is 0 Å². The molecule has 0 saturated heterocycles. The lowest BCUT2D eigenvalue weighted by atomic mass is 9.89. The molecule has 0 N–H and O–H groups in total. The van der Waals surface area contributed by atoms with Crippen LogP contribution in [0.1, 0.15) is 38.8 Å². The van der Waals surface area contributed by atoms with E-state index >= 15 is 0 Å². The van der Waals surface area contributed by atoms with Crippen LogP contribution >= 0.6 is 0 Å². The minimum Gasteiger partial charge on any atom is -0.264 e. The topological polar surface area (TPSA) is 12.9 Å². The number of nitrogens with zero attached hydrogens (tertiary/aromatic N) is 1.